The van der Waals surface area contributed by atoms with Gasteiger partial charge in [0.1, 0.15) is 0 Å². The molecule has 0 atom stereocenters. The van der Waals surface area contributed by atoms with E-state index in [0.717, 1.165) is 16.6 Å². The Hall–Kier alpha value is -2.22. The van der Waals surface area contributed by atoms with Gasteiger partial charge in [-0.2, -0.15) is 0 Å². The number of hydrogen-bond donors (Lipinski definition) is 0. The first-order chi connectivity index (χ1) is 7.95. The third kappa shape index (κ3) is 1.44. The largest absolute Gasteiger partial charge is 0.264 e. The van der Waals surface area contributed by atoms with Crippen LogP contribution in [0.4, 0.5) is 0 Å². The molecule has 2 heteroatoms. The van der Waals surface area contributed by atoms with Crippen molar-refractivity contribution in [2.75, 3.05) is 0 Å². The van der Waals surface area contributed by atoms with Crippen LogP contribution in [0.3, 0.4) is 0 Å². The summed E-state index contributed by atoms with van der Waals surface area (Å²) in [6.45, 7) is 0. The molecule has 16 heavy (non-hydrogen) atoms. The van der Waals surface area contributed by atoms with Crippen LogP contribution in [0.25, 0.3) is 22.0 Å². The second-order valence-electron chi connectivity index (χ2n) is 3.53. The first-order valence-corrected chi connectivity index (χ1v) is 5.11. The molecule has 0 bridgehead atoms. The van der Waals surface area contributed by atoms with Crippen molar-refractivity contribution < 1.29 is 0 Å². The Morgan fingerprint density at radius 2 is 1.88 bits per heavy atom. The van der Waals surface area contributed by atoms with Gasteiger partial charge in [-0.3, -0.25) is 9.97 Å². The van der Waals surface area contributed by atoms with Crippen molar-refractivity contribution in [3.8, 4) is 11.3 Å². The van der Waals surface area contributed by atoms with Gasteiger partial charge in [-0.15, -0.1) is 0 Å². The highest BCUT2D eigenvalue weighted by molar-refractivity contribution is 5.94. The van der Waals surface area contributed by atoms with E-state index in [2.05, 4.69) is 28.2 Å². The second-order valence-corrected chi connectivity index (χ2v) is 3.53. The van der Waals surface area contributed by atoms with E-state index in [1.807, 2.05) is 30.5 Å². The molecule has 0 aliphatic rings. The maximum atomic E-state index is 4.42. The van der Waals surface area contributed by atoms with Crippen LogP contribution in [0, 0.1) is 6.07 Å². The molecule has 3 rings (SSSR count). The van der Waals surface area contributed by atoms with Gasteiger partial charge < -0.3 is 0 Å². The highest BCUT2D eigenvalue weighted by Gasteiger charge is 2.03. The maximum absolute atomic E-state index is 4.42. The van der Waals surface area contributed by atoms with Gasteiger partial charge in [-0.05, 0) is 17.5 Å². The number of nitrogens with zero attached hydrogens (tertiary/aromatic N) is 2. The standard InChI is InChI=1S/C14H9N2/c1-2-4-13-11(3-1)7-10-16-14(13)12-5-8-15-9-6-12/h1-5,7-10H. The van der Waals surface area contributed by atoms with E-state index in [1.54, 1.807) is 12.4 Å². The molecule has 0 amide bonds. The Bertz CT molecular complexity index is 612. The molecule has 3 aromatic rings. The zero-order valence-electron chi connectivity index (χ0n) is 8.59. The van der Waals surface area contributed by atoms with E-state index < -0.39 is 0 Å². The number of aromatic nitrogens is 2. The van der Waals surface area contributed by atoms with Crippen LogP contribution >= 0.6 is 0 Å². The van der Waals surface area contributed by atoms with Crippen molar-refractivity contribution in [1.82, 2.24) is 9.97 Å². The van der Waals surface area contributed by atoms with Gasteiger partial charge >= 0.3 is 0 Å². The van der Waals surface area contributed by atoms with Crippen LogP contribution in [0.15, 0.2) is 55.0 Å². The van der Waals surface area contributed by atoms with Crippen molar-refractivity contribution in [3.63, 3.8) is 0 Å². The maximum Gasteiger partial charge on any atom is 0.0787 e. The number of hydrogen-bond acceptors (Lipinski definition) is 2. The Morgan fingerprint density at radius 3 is 2.75 bits per heavy atom. The highest BCUT2D eigenvalue weighted by Crippen LogP contribution is 2.24. The molecular weight excluding hydrogens is 196 g/mol. The van der Waals surface area contributed by atoms with Crippen molar-refractivity contribution in [2.24, 2.45) is 0 Å². The molecule has 0 N–H and O–H groups in total. The van der Waals surface area contributed by atoms with Gasteiger partial charge in [0.2, 0.25) is 0 Å². The van der Waals surface area contributed by atoms with Gasteiger partial charge in [-0.25, -0.2) is 0 Å². The van der Waals surface area contributed by atoms with Gasteiger partial charge in [0, 0.05) is 35.6 Å². The predicted octanol–water partition coefficient (Wildman–Crippen LogP) is 3.10. The van der Waals surface area contributed by atoms with Gasteiger partial charge in [-0.1, -0.05) is 24.3 Å². The van der Waals surface area contributed by atoms with Crippen LogP contribution in [0.2, 0.25) is 0 Å². The molecular formula is C14H9N2. The molecule has 2 heterocycles. The third-order valence-corrected chi connectivity index (χ3v) is 2.55. The fourth-order valence-corrected chi connectivity index (χ4v) is 1.80. The average molecular weight is 205 g/mol. The minimum atomic E-state index is 0.959. The first kappa shape index (κ1) is 9.04. The van der Waals surface area contributed by atoms with E-state index in [1.165, 1.54) is 5.39 Å². The predicted molar refractivity (Wildman–Crippen MR) is 63.8 cm³/mol. The third-order valence-electron chi connectivity index (χ3n) is 2.55. The minimum absolute atomic E-state index is 0.959. The van der Waals surface area contributed by atoms with Crippen LogP contribution in [0.5, 0.6) is 0 Å². The summed E-state index contributed by atoms with van der Waals surface area (Å²) < 4.78 is 0. The lowest BCUT2D eigenvalue weighted by Gasteiger charge is -2.04. The summed E-state index contributed by atoms with van der Waals surface area (Å²) in [6.07, 6.45) is 5.25. The average Bonchev–Trinajstić information content (AvgIpc) is 2.39. The number of benzene rings is 1. The molecule has 2 nitrogen and oxygen atoms in total. The van der Waals surface area contributed by atoms with Crippen molar-refractivity contribution in [2.45, 2.75) is 0 Å². The fraction of sp³-hybridized carbons (Fsp3) is 0. The monoisotopic (exact) mass is 205 g/mol. The summed E-state index contributed by atoms with van der Waals surface area (Å²) >= 11 is 0. The van der Waals surface area contributed by atoms with Gasteiger partial charge in [0.05, 0.1) is 5.69 Å². The molecule has 75 valence electrons. The molecule has 0 saturated heterocycles. The Kier molecular flexibility index (Phi) is 2.11. The normalized spacial score (nSPS) is 10.5. The zero-order chi connectivity index (χ0) is 10.8. The first-order valence-electron chi connectivity index (χ1n) is 5.11. The molecule has 0 fully saturated rings. The van der Waals surface area contributed by atoms with Gasteiger partial charge in [0.15, 0.2) is 0 Å². The molecule has 1 radical (unpaired) electrons. The van der Waals surface area contributed by atoms with Crippen molar-refractivity contribution >= 4 is 10.8 Å². The van der Waals surface area contributed by atoms with Crippen LogP contribution in [-0.4, -0.2) is 9.97 Å². The summed E-state index contributed by atoms with van der Waals surface area (Å²) in [4.78, 5) is 8.39. The van der Waals surface area contributed by atoms with Crippen molar-refractivity contribution in [1.29, 1.82) is 0 Å². The van der Waals surface area contributed by atoms with E-state index in [4.69, 9.17) is 0 Å². The van der Waals surface area contributed by atoms with Crippen LogP contribution in [0.1, 0.15) is 0 Å². The fourth-order valence-electron chi connectivity index (χ4n) is 1.80. The van der Waals surface area contributed by atoms with E-state index in [9.17, 15) is 0 Å². The molecule has 0 aliphatic heterocycles. The molecule has 0 spiro atoms. The smallest absolute Gasteiger partial charge is 0.0787 e. The van der Waals surface area contributed by atoms with Crippen LogP contribution < -0.4 is 0 Å². The lowest BCUT2D eigenvalue weighted by atomic mass is 10.1. The Morgan fingerprint density at radius 1 is 0.938 bits per heavy atom. The van der Waals surface area contributed by atoms with E-state index >= 15 is 0 Å². The van der Waals surface area contributed by atoms with Crippen LogP contribution in [-0.2, 0) is 0 Å². The number of pyridine rings is 2. The lowest BCUT2D eigenvalue weighted by molar-refractivity contribution is 1.30. The van der Waals surface area contributed by atoms with E-state index in [-0.39, 0.29) is 0 Å². The molecule has 0 aliphatic carbocycles. The SMILES string of the molecule is [c]1cnccc1-c1nccc2ccccc12. The summed E-state index contributed by atoms with van der Waals surface area (Å²) in [5.74, 6) is 0. The summed E-state index contributed by atoms with van der Waals surface area (Å²) in [5, 5.41) is 2.34. The molecule has 0 saturated carbocycles. The topological polar surface area (TPSA) is 25.8 Å². The zero-order valence-corrected chi connectivity index (χ0v) is 8.59. The van der Waals surface area contributed by atoms with E-state index in [0.29, 0.717) is 0 Å². The number of rotatable bonds is 1. The summed E-state index contributed by atoms with van der Waals surface area (Å²) in [7, 11) is 0. The molecule has 1 aromatic carbocycles. The second kappa shape index (κ2) is 3.74. The molecule has 0 unspecified atom stereocenters. The minimum Gasteiger partial charge on any atom is -0.264 e. The van der Waals surface area contributed by atoms with Gasteiger partial charge in [0.25, 0.3) is 0 Å². The quantitative estimate of drug-likeness (QED) is 0.610. The van der Waals surface area contributed by atoms with Crippen molar-refractivity contribution in [3.05, 3.63) is 61.1 Å². The Labute approximate surface area is 93.6 Å². The highest BCUT2D eigenvalue weighted by atomic mass is 14.7. The number of fused-ring (bicyclic) bond motifs is 1. The lowest BCUT2D eigenvalue weighted by Crippen LogP contribution is -1.85. The summed E-state index contributed by atoms with van der Waals surface area (Å²) in [6, 6.07) is 15.3. The molecule has 2 aromatic heterocycles. The summed E-state index contributed by atoms with van der Waals surface area (Å²) in [5.41, 5.74) is 1.94. The Balaban J connectivity index is 2.32.